The lowest BCUT2D eigenvalue weighted by molar-refractivity contribution is -0.187. The molecule has 0 radical (unpaired) electrons. The Balaban J connectivity index is 1.92. The third-order valence-electron chi connectivity index (χ3n) is 2.37. The molecule has 0 bridgehead atoms. The number of fused-ring (bicyclic) bond motifs is 1. The molecule has 82 valence electrons. The first-order valence-corrected chi connectivity index (χ1v) is 4.50. The fourth-order valence-corrected chi connectivity index (χ4v) is 1.68. The molecule has 6 nitrogen and oxygen atoms in total. The van der Waals surface area contributed by atoms with Crippen LogP contribution in [0, 0.1) is 0 Å². The average molecular weight is 206 g/mol. The van der Waals surface area contributed by atoms with Gasteiger partial charge in [0.05, 0.1) is 13.2 Å². The Bertz CT molecular complexity index is 198. The van der Waals surface area contributed by atoms with Gasteiger partial charge < -0.3 is 29.2 Å². The predicted octanol–water partition coefficient (Wildman–Crippen LogP) is -1.55. The average Bonchev–Trinajstić information content (AvgIpc) is 2.67. The van der Waals surface area contributed by atoms with Gasteiger partial charge in [-0.15, -0.1) is 0 Å². The van der Waals surface area contributed by atoms with Gasteiger partial charge in [-0.2, -0.15) is 0 Å². The molecule has 2 aliphatic heterocycles. The van der Waals surface area contributed by atoms with E-state index in [4.69, 9.17) is 24.1 Å². The largest absolute Gasteiger partial charge is 0.394 e. The molecule has 0 aliphatic carbocycles. The van der Waals surface area contributed by atoms with E-state index in [-0.39, 0.29) is 6.61 Å². The minimum Gasteiger partial charge on any atom is -0.394 e. The van der Waals surface area contributed by atoms with Gasteiger partial charge >= 0.3 is 0 Å². The van der Waals surface area contributed by atoms with Crippen molar-refractivity contribution in [1.29, 1.82) is 0 Å². The van der Waals surface area contributed by atoms with Crippen LogP contribution in [0.1, 0.15) is 0 Å². The zero-order chi connectivity index (χ0) is 10.1. The van der Waals surface area contributed by atoms with Gasteiger partial charge in [-0.05, 0) is 0 Å². The summed E-state index contributed by atoms with van der Waals surface area (Å²) in [4.78, 5) is 0. The molecule has 0 aromatic heterocycles. The monoisotopic (exact) mass is 206 g/mol. The van der Waals surface area contributed by atoms with Crippen molar-refractivity contribution in [3.63, 3.8) is 0 Å². The summed E-state index contributed by atoms with van der Waals surface area (Å²) in [7, 11) is 1.54. The predicted molar refractivity (Wildman–Crippen MR) is 43.4 cm³/mol. The summed E-state index contributed by atoms with van der Waals surface area (Å²) in [6.07, 6.45) is -3.07. The van der Waals surface area contributed by atoms with Crippen molar-refractivity contribution in [2.24, 2.45) is 0 Å². The first-order chi connectivity index (χ1) is 6.76. The van der Waals surface area contributed by atoms with Crippen molar-refractivity contribution in [3.05, 3.63) is 0 Å². The summed E-state index contributed by atoms with van der Waals surface area (Å²) in [5, 5.41) is 18.5. The van der Waals surface area contributed by atoms with Gasteiger partial charge in [0.15, 0.2) is 12.6 Å². The van der Waals surface area contributed by atoms with Gasteiger partial charge in [-0.1, -0.05) is 0 Å². The molecule has 6 heteroatoms. The minimum absolute atomic E-state index is 0.240. The fraction of sp³-hybridized carbons (Fsp3) is 1.00. The quantitative estimate of drug-likeness (QED) is 0.582. The molecule has 2 fully saturated rings. The van der Waals surface area contributed by atoms with Crippen molar-refractivity contribution >= 4 is 0 Å². The third kappa shape index (κ3) is 1.65. The van der Waals surface area contributed by atoms with E-state index < -0.39 is 30.9 Å². The molecule has 0 amide bonds. The highest BCUT2D eigenvalue weighted by atomic mass is 16.8. The van der Waals surface area contributed by atoms with Crippen LogP contribution in [0.4, 0.5) is 0 Å². The Morgan fingerprint density at radius 3 is 2.64 bits per heavy atom. The van der Waals surface area contributed by atoms with Crippen LogP contribution in [-0.4, -0.2) is 61.4 Å². The molecule has 0 saturated carbocycles. The van der Waals surface area contributed by atoms with Gasteiger partial charge in [-0.25, -0.2) is 0 Å². The molecule has 2 aliphatic rings. The zero-order valence-electron chi connectivity index (χ0n) is 7.83. The van der Waals surface area contributed by atoms with Gasteiger partial charge in [0.2, 0.25) is 0 Å². The van der Waals surface area contributed by atoms with E-state index in [0.717, 1.165) is 0 Å². The third-order valence-corrected chi connectivity index (χ3v) is 2.37. The van der Waals surface area contributed by atoms with Crippen LogP contribution in [0.15, 0.2) is 0 Å². The molecule has 5 atom stereocenters. The Morgan fingerprint density at radius 1 is 1.29 bits per heavy atom. The van der Waals surface area contributed by atoms with Gasteiger partial charge in [0.1, 0.15) is 18.3 Å². The lowest BCUT2D eigenvalue weighted by Crippen LogP contribution is -2.34. The van der Waals surface area contributed by atoms with Gasteiger partial charge in [0, 0.05) is 7.11 Å². The second-order valence-corrected chi connectivity index (χ2v) is 3.34. The van der Waals surface area contributed by atoms with Crippen LogP contribution in [0.3, 0.4) is 0 Å². The molecule has 2 rings (SSSR count). The van der Waals surface area contributed by atoms with E-state index >= 15 is 0 Å². The SMILES string of the molecule is COCC1O[C@H]2O[C@H](CO)[C@@H](O)[C@H]2O1. The smallest absolute Gasteiger partial charge is 0.190 e. The van der Waals surface area contributed by atoms with E-state index in [1.165, 1.54) is 7.11 Å². The van der Waals surface area contributed by atoms with Crippen molar-refractivity contribution in [3.8, 4) is 0 Å². The Kier molecular flexibility index (Phi) is 3.01. The highest BCUT2D eigenvalue weighted by molar-refractivity contribution is 4.90. The number of ether oxygens (including phenoxy) is 4. The maximum absolute atomic E-state index is 9.61. The van der Waals surface area contributed by atoms with Crippen molar-refractivity contribution in [2.75, 3.05) is 20.3 Å². The molecule has 0 aromatic carbocycles. The van der Waals surface area contributed by atoms with Crippen LogP contribution >= 0.6 is 0 Å². The van der Waals surface area contributed by atoms with Crippen molar-refractivity contribution in [2.45, 2.75) is 30.9 Å². The molecule has 1 unspecified atom stereocenters. The number of aliphatic hydroxyl groups is 2. The van der Waals surface area contributed by atoms with Gasteiger partial charge in [-0.3, -0.25) is 0 Å². The van der Waals surface area contributed by atoms with Crippen LogP contribution in [0.5, 0.6) is 0 Å². The fourth-order valence-electron chi connectivity index (χ4n) is 1.68. The summed E-state index contributed by atoms with van der Waals surface area (Å²) in [6.45, 7) is 0.0582. The number of hydrogen-bond acceptors (Lipinski definition) is 6. The molecule has 2 N–H and O–H groups in total. The normalized spacial score (nSPS) is 46.9. The number of aliphatic hydroxyl groups excluding tert-OH is 2. The molecule has 0 aromatic rings. The zero-order valence-corrected chi connectivity index (χ0v) is 7.83. The first kappa shape index (κ1) is 10.3. The molecular weight excluding hydrogens is 192 g/mol. The summed E-state index contributed by atoms with van der Waals surface area (Å²) in [5.41, 5.74) is 0. The molecule has 2 heterocycles. The molecule has 0 spiro atoms. The van der Waals surface area contributed by atoms with E-state index in [2.05, 4.69) is 0 Å². The summed E-state index contributed by atoms with van der Waals surface area (Å²) >= 11 is 0. The number of rotatable bonds is 3. The highest BCUT2D eigenvalue weighted by Crippen LogP contribution is 2.32. The highest BCUT2D eigenvalue weighted by Gasteiger charge is 2.51. The van der Waals surface area contributed by atoms with E-state index in [1.807, 2.05) is 0 Å². The number of methoxy groups -OCH3 is 1. The lowest BCUT2D eigenvalue weighted by atomic mass is 10.1. The maximum Gasteiger partial charge on any atom is 0.190 e. The van der Waals surface area contributed by atoms with Crippen LogP contribution in [0.25, 0.3) is 0 Å². The Labute approximate surface area is 81.3 Å². The molecule has 2 saturated heterocycles. The van der Waals surface area contributed by atoms with Gasteiger partial charge in [0.25, 0.3) is 0 Å². The van der Waals surface area contributed by atoms with Crippen molar-refractivity contribution in [1.82, 2.24) is 0 Å². The van der Waals surface area contributed by atoms with Crippen LogP contribution in [-0.2, 0) is 18.9 Å². The van der Waals surface area contributed by atoms with Crippen LogP contribution in [0.2, 0.25) is 0 Å². The molecular formula is C8H14O6. The summed E-state index contributed by atoms with van der Waals surface area (Å²) < 4.78 is 20.7. The number of hydrogen-bond donors (Lipinski definition) is 2. The van der Waals surface area contributed by atoms with E-state index in [0.29, 0.717) is 6.61 Å². The molecule has 14 heavy (non-hydrogen) atoms. The summed E-state index contributed by atoms with van der Waals surface area (Å²) in [6, 6.07) is 0. The van der Waals surface area contributed by atoms with Crippen molar-refractivity contribution < 1.29 is 29.2 Å². The maximum atomic E-state index is 9.61. The first-order valence-electron chi connectivity index (χ1n) is 4.50. The Morgan fingerprint density at radius 2 is 2.07 bits per heavy atom. The second kappa shape index (κ2) is 4.09. The Hall–Kier alpha value is -0.240. The lowest BCUT2D eigenvalue weighted by Gasteiger charge is -2.16. The topological polar surface area (TPSA) is 77.4 Å². The van der Waals surface area contributed by atoms with E-state index in [1.54, 1.807) is 0 Å². The minimum atomic E-state index is -0.841. The summed E-state index contributed by atoms with van der Waals surface area (Å²) in [5.74, 6) is 0. The van der Waals surface area contributed by atoms with Crippen LogP contribution < -0.4 is 0 Å². The second-order valence-electron chi connectivity index (χ2n) is 3.34. The standard InChI is InChI=1S/C8H14O6/c1-11-3-5-13-7-6(10)4(2-9)12-8(7)14-5/h4-10H,2-3H2,1H3/t4-,5?,6-,7-,8-/m1/s1. The van der Waals surface area contributed by atoms with E-state index in [9.17, 15) is 5.11 Å².